The third kappa shape index (κ3) is 5.48. The minimum Gasteiger partial charge on any atom is -0.497 e. The normalized spacial score (nSPS) is 10.6. The molecule has 0 spiro atoms. The predicted octanol–water partition coefficient (Wildman–Crippen LogP) is 4.66. The number of aromatic nitrogens is 2. The zero-order chi connectivity index (χ0) is 19.1. The van der Waals surface area contributed by atoms with Crippen molar-refractivity contribution >= 4 is 35.0 Å². The molecule has 0 saturated carbocycles. The fourth-order valence-electron chi connectivity index (χ4n) is 2.27. The smallest absolute Gasteiger partial charge is 0.257 e. The highest BCUT2D eigenvalue weighted by Crippen LogP contribution is 2.23. The van der Waals surface area contributed by atoms with Crippen molar-refractivity contribution in [1.29, 1.82) is 0 Å². The van der Waals surface area contributed by atoms with E-state index in [0.717, 1.165) is 11.3 Å². The Morgan fingerprint density at radius 3 is 2.74 bits per heavy atom. The van der Waals surface area contributed by atoms with Gasteiger partial charge < -0.3 is 14.6 Å². The first-order valence-electron chi connectivity index (χ1n) is 8.25. The van der Waals surface area contributed by atoms with E-state index in [1.807, 2.05) is 36.4 Å². The van der Waals surface area contributed by atoms with Crippen LogP contribution in [0.4, 0.5) is 5.69 Å². The Morgan fingerprint density at radius 1 is 1.22 bits per heavy atom. The molecule has 3 aromatic rings. The molecule has 0 radical (unpaired) electrons. The van der Waals surface area contributed by atoms with Crippen molar-refractivity contribution in [1.82, 2.24) is 10.1 Å². The summed E-state index contributed by atoms with van der Waals surface area (Å²) in [4.78, 5) is 16.3. The number of carbonyl (C=O) groups excluding carboxylic acids is 1. The molecule has 0 aliphatic carbocycles. The second-order valence-electron chi connectivity index (χ2n) is 5.57. The van der Waals surface area contributed by atoms with Crippen LogP contribution in [-0.4, -0.2) is 28.9 Å². The highest BCUT2D eigenvalue weighted by Gasteiger charge is 2.10. The molecule has 27 heavy (non-hydrogen) atoms. The zero-order valence-electron chi connectivity index (χ0n) is 14.6. The highest BCUT2D eigenvalue weighted by atomic mass is 35.5. The summed E-state index contributed by atoms with van der Waals surface area (Å²) in [6.45, 7) is 0. The first-order chi connectivity index (χ1) is 13.2. The first-order valence-corrected chi connectivity index (χ1v) is 9.78. The highest BCUT2D eigenvalue weighted by molar-refractivity contribution is 7.98. The summed E-state index contributed by atoms with van der Waals surface area (Å²) in [7, 11) is 1.62. The lowest BCUT2D eigenvalue weighted by Crippen LogP contribution is -2.12. The van der Waals surface area contributed by atoms with Crippen molar-refractivity contribution < 1.29 is 14.1 Å². The maximum Gasteiger partial charge on any atom is 0.257 e. The Bertz CT molecular complexity index is 899. The largest absolute Gasteiger partial charge is 0.497 e. The molecule has 1 amide bonds. The number of amides is 1. The molecule has 0 aliphatic heterocycles. The molecule has 6 nitrogen and oxygen atoms in total. The lowest BCUT2D eigenvalue weighted by molar-refractivity contribution is -0.115. The van der Waals surface area contributed by atoms with E-state index in [-0.39, 0.29) is 5.91 Å². The molecule has 1 aromatic heterocycles. The Labute approximate surface area is 166 Å². The van der Waals surface area contributed by atoms with Gasteiger partial charge in [-0.15, -0.1) is 0 Å². The third-order valence-corrected chi connectivity index (χ3v) is 4.94. The molecular weight excluding hydrogens is 386 g/mol. The van der Waals surface area contributed by atoms with Crippen LogP contribution >= 0.6 is 23.4 Å². The minimum atomic E-state index is -0.0809. The van der Waals surface area contributed by atoms with Gasteiger partial charge >= 0.3 is 0 Å². The molecule has 3 rings (SSSR count). The van der Waals surface area contributed by atoms with Crippen LogP contribution in [0.25, 0.3) is 11.5 Å². The Morgan fingerprint density at radius 2 is 2.00 bits per heavy atom. The van der Waals surface area contributed by atoms with E-state index in [4.69, 9.17) is 20.9 Å². The van der Waals surface area contributed by atoms with Crippen molar-refractivity contribution in [2.24, 2.45) is 0 Å². The van der Waals surface area contributed by atoms with Gasteiger partial charge in [0.1, 0.15) is 5.75 Å². The number of thioether (sulfide) groups is 1. The van der Waals surface area contributed by atoms with E-state index in [0.29, 0.717) is 40.4 Å². The number of methoxy groups -OCH3 is 1. The SMILES string of the molecule is COc1ccc(-c2nc(CSCCC(=O)Nc3ccccc3Cl)no2)cc1. The van der Waals surface area contributed by atoms with Gasteiger partial charge in [-0.3, -0.25) is 4.79 Å². The average Bonchev–Trinajstić information content (AvgIpc) is 3.16. The quantitative estimate of drug-likeness (QED) is 0.551. The predicted molar refractivity (Wildman–Crippen MR) is 107 cm³/mol. The average molecular weight is 404 g/mol. The van der Waals surface area contributed by atoms with Crippen LogP contribution in [-0.2, 0) is 10.5 Å². The van der Waals surface area contributed by atoms with E-state index < -0.39 is 0 Å². The Kier molecular flexibility index (Phi) is 6.73. The number of benzene rings is 2. The van der Waals surface area contributed by atoms with E-state index in [1.165, 1.54) is 0 Å². The fraction of sp³-hybridized carbons (Fsp3) is 0.211. The lowest BCUT2D eigenvalue weighted by atomic mass is 10.2. The summed E-state index contributed by atoms with van der Waals surface area (Å²) in [5, 5.41) is 7.30. The minimum absolute atomic E-state index is 0.0809. The number of rotatable bonds is 8. The summed E-state index contributed by atoms with van der Waals surface area (Å²) in [5.74, 6) is 2.95. The van der Waals surface area contributed by atoms with Gasteiger partial charge in [-0.05, 0) is 36.4 Å². The molecule has 8 heteroatoms. The van der Waals surface area contributed by atoms with Gasteiger partial charge in [-0.2, -0.15) is 16.7 Å². The summed E-state index contributed by atoms with van der Waals surface area (Å²) in [6.07, 6.45) is 0.374. The Balaban J connectivity index is 1.43. The molecule has 0 saturated heterocycles. The number of ether oxygens (including phenoxy) is 1. The van der Waals surface area contributed by atoms with E-state index in [9.17, 15) is 4.79 Å². The third-order valence-electron chi connectivity index (χ3n) is 3.66. The van der Waals surface area contributed by atoms with Crippen LogP contribution in [0.3, 0.4) is 0 Å². The van der Waals surface area contributed by atoms with Crippen molar-refractivity contribution in [3.05, 3.63) is 59.4 Å². The summed E-state index contributed by atoms with van der Waals surface area (Å²) in [6, 6.07) is 14.6. The molecule has 0 fully saturated rings. The van der Waals surface area contributed by atoms with Crippen molar-refractivity contribution in [3.63, 3.8) is 0 Å². The van der Waals surface area contributed by atoms with Gasteiger partial charge in [0.05, 0.1) is 23.6 Å². The van der Waals surface area contributed by atoms with Gasteiger partial charge in [-0.25, -0.2) is 0 Å². The maximum atomic E-state index is 12.0. The maximum absolute atomic E-state index is 12.0. The number of carbonyl (C=O) groups is 1. The second-order valence-corrected chi connectivity index (χ2v) is 7.09. The number of hydrogen-bond acceptors (Lipinski definition) is 6. The van der Waals surface area contributed by atoms with Crippen LogP contribution in [0.1, 0.15) is 12.2 Å². The summed E-state index contributed by atoms with van der Waals surface area (Å²) < 4.78 is 10.4. The molecule has 0 bridgehead atoms. The van der Waals surface area contributed by atoms with Gasteiger partial charge in [0.25, 0.3) is 5.89 Å². The Hall–Kier alpha value is -2.51. The molecule has 0 atom stereocenters. The second kappa shape index (κ2) is 9.43. The van der Waals surface area contributed by atoms with E-state index in [2.05, 4.69) is 15.5 Å². The van der Waals surface area contributed by atoms with Gasteiger partial charge in [0, 0.05) is 17.7 Å². The topological polar surface area (TPSA) is 77.2 Å². The molecule has 1 N–H and O–H groups in total. The number of hydrogen-bond donors (Lipinski definition) is 1. The molecule has 0 unspecified atom stereocenters. The lowest BCUT2D eigenvalue weighted by Gasteiger charge is -2.06. The number of nitrogens with one attached hydrogen (secondary N) is 1. The monoisotopic (exact) mass is 403 g/mol. The standard InChI is InChI=1S/C19H18ClN3O3S/c1-25-14-8-6-13(7-9-14)19-22-17(23-26-19)12-27-11-10-18(24)21-16-5-3-2-4-15(16)20/h2-9H,10-12H2,1H3,(H,21,24). The molecule has 1 heterocycles. The fourth-order valence-corrected chi connectivity index (χ4v) is 3.22. The van der Waals surface area contributed by atoms with Crippen LogP contribution in [0, 0.1) is 0 Å². The first kappa shape index (κ1) is 19.3. The van der Waals surface area contributed by atoms with Gasteiger partial charge in [0.2, 0.25) is 5.91 Å². The van der Waals surface area contributed by atoms with Crippen molar-refractivity contribution in [3.8, 4) is 17.2 Å². The number of halogens is 1. The summed E-state index contributed by atoms with van der Waals surface area (Å²) in [5.41, 5.74) is 1.45. The number of nitrogens with zero attached hydrogens (tertiary/aromatic N) is 2. The van der Waals surface area contributed by atoms with E-state index >= 15 is 0 Å². The van der Waals surface area contributed by atoms with Crippen LogP contribution in [0.15, 0.2) is 53.1 Å². The molecule has 2 aromatic carbocycles. The molecule has 0 aliphatic rings. The van der Waals surface area contributed by atoms with Crippen LogP contribution < -0.4 is 10.1 Å². The van der Waals surface area contributed by atoms with Crippen LogP contribution in [0.2, 0.25) is 5.02 Å². The van der Waals surface area contributed by atoms with Gasteiger partial charge in [0.15, 0.2) is 5.82 Å². The van der Waals surface area contributed by atoms with Gasteiger partial charge in [-0.1, -0.05) is 28.9 Å². The van der Waals surface area contributed by atoms with E-state index in [1.54, 1.807) is 31.0 Å². The zero-order valence-corrected chi connectivity index (χ0v) is 16.2. The van der Waals surface area contributed by atoms with Crippen LogP contribution in [0.5, 0.6) is 5.75 Å². The van der Waals surface area contributed by atoms with Crippen molar-refractivity contribution in [2.45, 2.75) is 12.2 Å². The number of para-hydroxylation sites is 1. The summed E-state index contributed by atoms with van der Waals surface area (Å²) >= 11 is 7.59. The van der Waals surface area contributed by atoms with Crippen molar-refractivity contribution in [2.75, 3.05) is 18.2 Å². The molecule has 140 valence electrons. The number of anilines is 1. The molecular formula is C19H18ClN3O3S.